The lowest BCUT2D eigenvalue weighted by Gasteiger charge is -2.17. The monoisotopic (exact) mass is 439 g/mol. The number of rotatable bonds is 7. The lowest BCUT2D eigenvalue weighted by Crippen LogP contribution is -2.42. The molecule has 1 aliphatic rings. The minimum atomic E-state index is -3.02. The molecule has 0 spiro atoms. The van der Waals surface area contributed by atoms with Crippen molar-refractivity contribution >= 4 is 28.0 Å². The fourth-order valence-corrected chi connectivity index (χ4v) is 5.14. The first-order valence-electron chi connectivity index (χ1n) is 9.15. The van der Waals surface area contributed by atoms with Crippen molar-refractivity contribution in [1.29, 1.82) is 0 Å². The van der Waals surface area contributed by atoms with Gasteiger partial charge >= 0.3 is 0 Å². The Labute approximate surface area is 175 Å². The predicted octanol–water partition coefficient (Wildman–Crippen LogP) is 0.819. The molecule has 1 N–H and O–H groups in total. The maximum Gasteiger partial charge on any atom is 0.234 e. The zero-order valence-corrected chi connectivity index (χ0v) is 18.3. The maximum absolute atomic E-state index is 12.2. The van der Waals surface area contributed by atoms with Crippen LogP contribution in [0.5, 0.6) is 5.75 Å². The Kier molecular flexibility index (Phi) is 6.39. The summed E-state index contributed by atoms with van der Waals surface area (Å²) in [6.07, 6.45) is 0.467. The SMILES string of the molecule is COc1ccc(-c2nn(CN(C)CC(=O)NC3CCS(=O)(=O)C3)c(=S)n2C)cc1. The lowest BCUT2D eigenvalue weighted by molar-refractivity contribution is -0.122. The fourth-order valence-electron chi connectivity index (χ4n) is 3.28. The van der Waals surface area contributed by atoms with Crippen molar-refractivity contribution < 1.29 is 17.9 Å². The van der Waals surface area contributed by atoms with Gasteiger partial charge in [-0.1, -0.05) is 0 Å². The van der Waals surface area contributed by atoms with Gasteiger partial charge in [0.2, 0.25) is 5.91 Å². The van der Waals surface area contributed by atoms with Gasteiger partial charge in [0.15, 0.2) is 20.4 Å². The van der Waals surface area contributed by atoms with Crippen molar-refractivity contribution in [1.82, 2.24) is 24.6 Å². The van der Waals surface area contributed by atoms with Gasteiger partial charge in [0.25, 0.3) is 0 Å². The summed E-state index contributed by atoms with van der Waals surface area (Å²) in [5.41, 5.74) is 0.904. The van der Waals surface area contributed by atoms with Crippen molar-refractivity contribution in [2.24, 2.45) is 7.05 Å². The normalized spacial score (nSPS) is 18.1. The molecule has 158 valence electrons. The van der Waals surface area contributed by atoms with E-state index in [0.29, 0.717) is 23.7 Å². The summed E-state index contributed by atoms with van der Waals surface area (Å²) in [6.45, 7) is 0.450. The Bertz CT molecular complexity index is 1040. The Morgan fingerprint density at radius 1 is 1.38 bits per heavy atom. The molecule has 29 heavy (non-hydrogen) atoms. The van der Waals surface area contributed by atoms with E-state index in [2.05, 4.69) is 10.4 Å². The number of nitrogens with one attached hydrogen (secondary N) is 1. The van der Waals surface area contributed by atoms with Gasteiger partial charge in [-0.3, -0.25) is 9.69 Å². The first-order chi connectivity index (χ1) is 13.7. The molecular formula is C18H25N5O4S2. The molecule has 1 amide bonds. The number of aromatic nitrogens is 3. The number of methoxy groups -OCH3 is 1. The number of carbonyl (C=O) groups excluding carboxylic acids is 1. The van der Waals surface area contributed by atoms with Crippen LogP contribution in [0, 0.1) is 4.77 Å². The van der Waals surface area contributed by atoms with Gasteiger partial charge in [0.1, 0.15) is 5.75 Å². The molecule has 1 aromatic heterocycles. The van der Waals surface area contributed by atoms with Gasteiger partial charge in [-0.05, 0) is 50.0 Å². The fraction of sp³-hybridized carbons (Fsp3) is 0.500. The Morgan fingerprint density at radius 3 is 2.66 bits per heavy atom. The highest BCUT2D eigenvalue weighted by Gasteiger charge is 2.29. The van der Waals surface area contributed by atoms with Gasteiger partial charge in [-0.2, -0.15) is 5.10 Å². The number of sulfone groups is 1. The predicted molar refractivity (Wildman–Crippen MR) is 112 cm³/mol. The summed E-state index contributed by atoms with van der Waals surface area (Å²) >= 11 is 5.48. The van der Waals surface area contributed by atoms with Crippen LogP contribution in [0.2, 0.25) is 0 Å². The number of likely N-dealkylation sites (N-methyl/N-ethyl adjacent to an activating group) is 1. The van der Waals surface area contributed by atoms with E-state index in [1.165, 1.54) is 0 Å². The number of hydrogen-bond acceptors (Lipinski definition) is 7. The van der Waals surface area contributed by atoms with Crippen LogP contribution in [0.25, 0.3) is 11.4 Å². The van der Waals surface area contributed by atoms with E-state index in [1.807, 2.05) is 35.9 Å². The first-order valence-corrected chi connectivity index (χ1v) is 11.4. The second kappa shape index (κ2) is 8.64. The average Bonchev–Trinajstić information content (AvgIpc) is 3.14. The molecule has 1 aromatic carbocycles. The molecular weight excluding hydrogens is 414 g/mol. The third-order valence-corrected chi connectivity index (χ3v) is 7.03. The zero-order chi connectivity index (χ0) is 21.2. The van der Waals surface area contributed by atoms with E-state index in [-0.39, 0.29) is 30.0 Å². The summed E-state index contributed by atoms with van der Waals surface area (Å²) in [6, 6.07) is 7.23. The molecule has 0 saturated carbocycles. The second-order valence-corrected chi connectivity index (χ2v) is 9.81. The quantitative estimate of drug-likeness (QED) is 0.638. The number of ether oxygens (including phenoxy) is 1. The van der Waals surface area contributed by atoms with Gasteiger partial charge in [-0.15, -0.1) is 0 Å². The summed E-state index contributed by atoms with van der Waals surface area (Å²) < 4.78 is 32.2. The van der Waals surface area contributed by atoms with E-state index in [1.54, 1.807) is 23.7 Å². The van der Waals surface area contributed by atoms with E-state index in [9.17, 15) is 13.2 Å². The number of amides is 1. The van der Waals surface area contributed by atoms with Crippen LogP contribution < -0.4 is 10.1 Å². The summed E-state index contributed by atoms with van der Waals surface area (Å²) in [5.74, 6) is 1.40. The Hall–Kier alpha value is -2.24. The molecule has 2 heterocycles. The molecule has 1 saturated heterocycles. The van der Waals surface area contributed by atoms with E-state index < -0.39 is 9.84 Å². The van der Waals surface area contributed by atoms with E-state index in [4.69, 9.17) is 17.0 Å². The number of nitrogens with zero attached hydrogens (tertiary/aromatic N) is 4. The van der Waals surface area contributed by atoms with Crippen LogP contribution in [0.1, 0.15) is 6.42 Å². The second-order valence-electron chi connectivity index (χ2n) is 7.22. The molecule has 1 unspecified atom stereocenters. The summed E-state index contributed by atoms with van der Waals surface area (Å²) in [7, 11) is 2.22. The number of benzene rings is 1. The summed E-state index contributed by atoms with van der Waals surface area (Å²) in [4.78, 5) is 14.0. The lowest BCUT2D eigenvalue weighted by atomic mass is 10.2. The molecule has 0 bridgehead atoms. The largest absolute Gasteiger partial charge is 0.497 e. The van der Waals surface area contributed by atoms with Crippen molar-refractivity contribution in [3.05, 3.63) is 29.0 Å². The van der Waals surface area contributed by atoms with E-state index >= 15 is 0 Å². The molecule has 3 rings (SSSR count). The first kappa shape index (κ1) is 21.5. The van der Waals surface area contributed by atoms with Gasteiger partial charge in [0.05, 0.1) is 31.8 Å². The van der Waals surface area contributed by atoms with Gasteiger partial charge in [0, 0.05) is 18.7 Å². The van der Waals surface area contributed by atoms with Crippen molar-refractivity contribution in [3.63, 3.8) is 0 Å². The third kappa shape index (κ3) is 5.22. The highest BCUT2D eigenvalue weighted by Crippen LogP contribution is 2.21. The molecule has 11 heteroatoms. The van der Waals surface area contributed by atoms with Crippen molar-refractivity contribution in [3.8, 4) is 17.1 Å². The Morgan fingerprint density at radius 2 is 2.07 bits per heavy atom. The van der Waals surface area contributed by atoms with Crippen LogP contribution in [0.3, 0.4) is 0 Å². The number of carbonyl (C=O) groups is 1. The summed E-state index contributed by atoms with van der Waals surface area (Å²) in [5, 5.41) is 7.37. The third-order valence-electron chi connectivity index (χ3n) is 4.78. The van der Waals surface area contributed by atoms with Crippen molar-refractivity contribution in [2.45, 2.75) is 19.1 Å². The minimum absolute atomic E-state index is 0.0129. The molecule has 1 atom stereocenters. The molecule has 1 aliphatic heterocycles. The van der Waals surface area contributed by atoms with Crippen LogP contribution in [-0.2, 0) is 28.3 Å². The number of hydrogen-bond donors (Lipinski definition) is 1. The molecule has 1 fully saturated rings. The van der Waals surface area contributed by atoms with Gasteiger partial charge < -0.3 is 14.6 Å². The van der Waals surface area contributed by atoms with Crippen LogP contribution in [-0.4, -0.2) is 71.8 Å². The van der Waals surface area contributed by atoms with Crippen LogP contribution in [0.4, 0.5) is 0 Å². The molecule has 2 aromatic rings. The molecule has 0 aliphatic carbocycles. The standard InChI is InChI=1S/C18H25N5O4S2/c1-21(10-16(24)19-14-8-9-29(25,26)11-14)12-23-18(28)22(2)17(20-23)13-4-6-15(27-3)7-5-13/h4-7,14H,8-12H2,1-3H3,(H,19,24). The van der Waals surface area contributed by atoms with Gasteiger partial charge in [-0.25, -0.2) is 13.1 Å². The van der Waals surface area contributed by atoms with Crippen molar-refractivity contribution in [2.75, 3.05) is 32.2 Å². The molecule has 0 radical (unpaired) electrons. The topological polar surface area (TPSA) is 98.5 Å². The van der Waals surface area contributed by atoms with Crippen LogP contribution >= 0.6 is 12.2 Å². The molecule has 9 nitrogen and oxygen atoms in total. The highest BCUT2D eigenvalue weighted by molar-refractivity contribution is 7.91. The smallest absolute Gasteiger partial charge is 0.234 e. The maximum atomic E-state index is 12.2. The van der Waals surface area contributed by atoms with Crippen LogP contribution in [0.15, 0.2) is 24.3 Å². The minimum Gasteiger partial charge on any atom is -0.497 e. The Balaban J connectivity index is 1.63. The highest BCUT2D eigenvalue weighted by atomic mass is 32.2. The van der Waals surface area contributed by atoms with E-state index in [0.717, 1.165) is 11.3 Å². The zero-order valence-electron chi connectivity index (χ0n) is 16.7. The average molecular weight is 440 g/mol.